The van der Waals surface area contributed by atoms with Gasteiger partial charge in [0.2, 0.25) is 0 Å². The summed E-state index contributed by atoms with van der Waals surface area (Å²) >= 11 is 0. The van der Waals surface area contributed by atoms with Crippen LogP contribution in [0, 0.1) is 0 Å². The summed E-state index contributed by atoms with van der Waals surface area (Å²) in [5, 5.41) is 1.64. The molecule has 1 atom stereocenters. The lowest BCUT2D eigenvalue weighted by Crippen LogP contribution is -2.43. The smallest absolute Gasteiger partial charge is 0.295 e. The van der Waals surface area contributed by atoms with Crippen LogP contribution in [0.15, 0.2) is 30.3 Å². The highest BCUT2D eigenvalue weighted by Crippen LogP contribution is 2.20. The predicted octanol–water partition coefficient (Wildman–Crippen LogP) is 2.76. The number of likely N-dealkylation sites (tertiary alicyclic amines) is 1. The van der Waals surface area contributed by atoms with Crippen molar-refractivity contribution in [2.24, 2.45) is 0 Å². The number of nitrogens with zero attached hydrogens (tertiary/aromatic N) is 1. The van der Waals surface area contributed by atoms with Gasteiger partial charge in [0, 0.05) is 19.1 Å². The molecule has 1 N–H and O–H groups in total. The van der Waals surface area contributed by atoms with Gasteiger partial charge in [0.05, 0.1) is 0 Å². The molecule has 1 aromatic rings. The Morgan fingerprint density at radius 3 is 2.61 bits per heavy atom. The first-order valence-corrected chi connectivity index (χ1v) is 6.14. The van der Waals surface area contributed by atoms with Crippen molar-refractivity contribution in [3.63, 3.8) is 0 Å². The highest BCUT2D eigenvalue weighted by atomic mass is 19.4. The van der Waals surface area contributed by atoms with Crippen LogP contribution in [0.3, 0.4) is 0 Å². The van der Waals surface area contributed by atoms with Gasteiger partial charge in [-0.05, 0) is 24.9 Å². The van der Waals surface area contributed by atoms with Gasteiger partial charge in [0.15, 0.2) is 0 Å². The molecule has 1 heterocycles. The van der Waals surface area contributed by atoms with Crippen LogP contribution in [0.4, 0.5) is 13.2 Å². The van der Waals surface area contributed by atoms with Gasteiger partial charge in [-0.25, -0.2) is 5.32 Å². The van der Waals surface area contributed by atoms with Gasteiger partial charge in [0.25, 0.3) is 0 Å². The molecule has 0 aliphatic carbocycles. The quantitative estimate of drug-likeness (QED) is 0.835. The molecular formula is C13H17F3N2. The first kappa shape index (κ1) is 13.4. The average Bonchev–Trinajstić information content (AvgIpc) is 2.74. The predicted molar refractivity (Wildman–Crippen MR) is 63.9 cm³/mol. The summed E-state index contributed by atoms with van der Waals surface area (Å²) in [6.07, 6.45) is -2.48. The van der Waals surface area contributed by atoms with Gasteiger partial charge in [-0.1, -0.05) is 30.3 Å². The Morgan fingerprint density at radius 1 is 1.22 bits per heavy atom. The fourth-order valence-corrected chi connectivity index (χ4v) is 2.39. The molecule has 0 amide bonds. The second-order valence-electron chi connectivity index (χ2n) is 4.63. The Hall–Kier alpha value is -1.07. The molecule has 1 fully saturated rings. The molecule has 2 rings (SSSR count). The molecule has 0 unspecified atom stereocenters. The van der Waals surface area contributed by atoms with Gasteiger partial charge in [-0.2, -0.15) is 13.2 Å². The number of hydrogen-bond donors (Lipinski definition) is 1. The Kier molecular flexibility index (Phi) is 4.24. The Morgan fingerprint density at radius 2 is 1.94 bits per heavy atom. The number of alkyl halides is 3. The van der Waals surface area contributed by atoms with Crippen molar-refractivity contribution in [3.05, 3.63) is 35.9 Å². The highest BCUT2D eigenvalue weighted by Gasteiger charge is 2.31. The molecule has 100 valence electrons. The summed E-state index contributed by atoms with van der Waals surface area (Å²) < 4.78 is 36.4. The SMILES string of the molecule is FC(F)(F)NC[C@@H]1CCCN1Cc1ccccc1. The zero-order valence-corrected chi connectivity index (χ0v) is 10.1. The molecular weight excluding hydrogens is 241 g/mol. The van der Waals surface area contributed by atoms with Crippen LogP contribution in [0.1, 0.15) is 18.4 Å². The minimum Gasteiger partial charge on any atom is -0.295 e. The molecule has 0 saturated carbocycles. The molecule has 1 aliphatic rings. The van der Waals surface area contributed by atoms with E-state index in [-0.39, 0.29) is 12.6 Å². The zero-order valence-electron chi connectivity index (χ0n) is 10.1. The third kappa shape index (κ3) is 3.99. The van der Waals surface area contributed by atoms with Crippen molar-refractivity contribution in [2.45, 2.75) is 31.7 Å². The number of rotatable bonds is 4. The van der Waals surface area contributed by atoms with Gasteiger partial charge in [0.1, 0.15) is 0 Å². The number of halogens is 3. The molecule has 0 spiro atoms. The first-order valence-electron chi connectivity index (χ1n) is 6.14. The van der Waals surface area contributed by atoms with Crippen LogP contribution in [0.5, 0.6) is 0 Å². The van der Waals surface area contributed by atoms with Crippen LogP contribution < -0.4 is 5.32 Å². The topological polar surface area (TPSA) is 15.3 Å². The number of benzene rings is 1. The second-order valence-corrected chi connectivity index (χ2v) is 4.63. The van der Waals surface area contributed by atoms with Crippen molar-refractivity contribution in [2.75, 3.05) is 13.1 Å². The molecule has 0 bridgehead atoms. The molecule has 18 heavy (non-hydrogen) atoms. The summed E-state index contributed by atoms with van der Waals surface area (Å²) in [6.45, 7) is 1.58. The maximum absolute atomic E-state index is 12.1. The van der Waals surface area contributed by atoms with Gasteiger partial charge < -0.3 is 0 Å². The first-order chi connectivity index (χ1) is 8.54. The minimum absolute atomic E-state index is 0.0175. The van der Waals surface area contributed by atoms with E-state index in [1.54, 1.807) is 5.32 Å². The largest absolute Gasteiger partial charge is 0.457 e. The van der Waals surface area contributed by atoms with Gasteiger partial charge in [-0.3, -0.25) is 4.90 Å². The molecule has 0 radical (unpaired) electrons. The summed E-state index contributed by atoms with van der Waals surface area (Å²) in [7, 11) is 0. The lowest BCUT2D eigenvalue weighted by molar-refractivity contribution is -0.158. The van der Waals surface area contributed by atoms with Gasteiger partial charge >= 0.3 is 6.30 Å². The van der Waals surface area contributed by atoms with Crippen LogP contribution >= 0.6 is 0 Å². The summed E-state index contributed by atoms with van der Waals surface area (Å²) in [5.74, 6) is 0. The maximum atomic E-state index is 12.1. The molecule has 1 saturated heterocycles. The van der Waals surface area contributed by atoms with Crippen LogP contribution in [0.2, 0.25) is 0 Å². The second kappa shape index (κ2) is 5.71. The summed E-state index contributed by atoms with van der Waals surface area (Å²) in [6, 6.07) is 9.84. The third-order valence-electron chi connectivity index (χ3n) is 3.27. The molecule has 1 aliphatic heterocycles. The summed E-state index contributed by atoms with van der Waals surface area (Å²) in [5.41, 5.74) is 1.15. The molecule has 1 aromatic carbocycles. The van der Waals surface area contributed by atoms with Crippen molar-refractivity contribution < 1.29 is 13.2 Å². The molecule has 2 nitrogen and oxygen atoms in total. The van der Waals surface area contributed by atoms with Gasteiger partial charge in [-0.15, -0.1) is 0 Å². The zero-order chi connectivity index (χ0) is 13.0. The Bertz CT molecular complexity index is 364. The van der Waals surface area contributed by atoms with Crippen LogP contribution in [0.25, 0.3) is 0 Å². The van der Waals surface area contributed by atoms with E-state index in [1.807, 2.05) is 30.3 Å². The standard InChI is InChI=1S/C13H17F3N2/c14-13(15,16)17-9-12-7-4-8-18(12)10-11-5-2-1-3-6-11/h1-3,5-6,12,17H,4,7-10H2/t12-/m0/s1. The fourth-order valence-electron chi connectivity index (χ4n) is 2.39. The lowest BCUT2D eigenvalue weighted by Gasteiger charge is -2.25. The van der Waals surface area contributed by atoms with E-state index in [0.717, 1.165) is 31.5 Å². The fraction of sp³-hybridized carbons (Fsp3) is 0.538. The van der Waals surface area contributed by atoms with Crippen molar-refractivity contribution in [1.82, 2.24) is 10.2 Å². The van der Waals surface area contributed by atoms with Crippen LogP contribution in [-0.4, -0.2) is 30.3 Å². The van der Waals surface area contributed by atoms with E-state index in [1.165, 1.54) is 0 Å². The number of hydrogen-bond acceptors (Lipinski definition) is 2. The lowest BCUT2D eigenvalue weighted by atomic mass is 10.2. The number of nitrogens with one attached hydrogen (secondary N) is 1. The van der Waals surface area contributed by atoms with E-state index in [4.69, 9.17) is 0 Å². The molecule has 5 heteroatoms. The van der Waals surface area contributed by atoms with E-state index >= 15 is 0 Å². The van der Waals surface area contributed by atoms with E-state index in [0.29, 0.717) is 0 Å². The normalized spacial score (nSPS) is 21.4. The Labute approximate surface area is 105 Å². The monoisotopic (exact) mass is 258 g/mol. The van der Waals surface area contributed by atoms with Crippen LogP contribution in [-0.2, 0) is 6.54 Å². The van der Waals surface area contributed by atoms with Crippen molar-refractivity contribution in [1.29, 1.82) is 0 Å². The summed E-state index contributed by atoms with van der Waals surface area (Å²) in [4.78, 5) is 2.12. The highest BCUT2D eigenvalue weighted by molar-refractivity contribution is 5.14. The minimum atomic E-state index is -4.28. The maximum Gasteiger partial charge on any atom is 0.457 e. The third-order valence-corrected chi connectivity index (χ3v) is 3.27. The van der Waals surface area contributed by atoms with E-state index in [2.05, 4.69) is 4.90 Å². The van der Waals surface area contributed by atoms with Crippen molar-refractivity contribution >= 4 is 0 Å². The Balaban J connectivity index is 1.88. The van der Waals surface area contributed by atoms with Crippen molar-refractivity contribution in [3.8, 4) is 0 Å². The van der Waals surface area contributed by atoms with E-state index in [9.17, 15) is 13.2 Å². The molecule has 0 aromatic heterocycles. The van der Waals surface area contributed by atoms with E-state index < -0.39 is 6.30 Å². The average molecular weight is 258 g/mol.